The normalized spacial score (nSPS) is 20.4. The number of rotatable bonds is 7. The minimum absolute atomic E-state index is 0.0904. The predicted molar refractivity (Wildman–Crippen MR) is 79.8 cm³/mol. The molecule has 0 aromatic carbocycles. The second-order valence-corrected chi connectivity index (χ2v) is 6.07. The van der Waals surface area contributed by atoms with Crippen molar-refractivity contribution in [3.05, 3.63) is 0 Å². The molecule has 0 aliphatic carbocycles. The maximum absolute atomic E-state index is 12.2. The summed E-state index contributed by atoms with van der Waals surface area (Å²) in [5.74, 6) is 0.235. The van der Waals surface area contributed by atoms with Gasteiger partial charge in [-0.3, -0.25) is 4.79 Å². The van der Waals surface area contributed by atoms with Gasteiger partial charge in [-0.15, -0.1) is 0 Å². The molecule has 1 heterocycles. The Labute approximate surface area is 126 Å². The predicted octanol–water partition coefficient (Wildman–Crippen LogP) is 0.707. The second kappa shape index (κ2) is 8.34. The number of nitrogens with one attached hydrogen (secondary N) is 2. The van der Waals surface area contributed by atoms with Gasteiger partial charge in [-0.2, -0.15) is 0 Å². The molecule has 1 aliphatic heterocycles. The maximum atomic E-state index is 12.2. The number of ether oxygens (including phenoxy) is 2. The molecule has 2 N–H and O–H groups in total. The molecule has 2 unspecified atom stereocenters. The highest BCUT2D eigenvalue weighted by Gasteiger charge is 2.36. The Bertz CT molecular complexity index is 356. The molecule has 1 aliphatic rings. The minimum atomic E-state index is -1.13. The molecule has 1 fully saturated rings. The van der Waals surface area contributed by atoms with Crippen molar-refractivity contribution in [1.82, 2.24) is 10.6 Å². The van der Waals surface area contributed by atoms with Gasteiger partial charge >= 0.3 is 5.97 Å². The van der Waals surface area contributed by atoms with Crippen LogP contribution in [0.5, 0.6) is 0 Å². The zero-order chi connectivity index (χ0) is 15.9. The number of piperidine rings is 1. The van der Waals surface area contributed by atoms with E-state index in [0.29, 0.717) is 18.3 Å². The van der Waals surface area contributed by atoms with Crippen LogP contribution >= 0.6 is 0 Å². The van der Waals surface area contributed by atoms with E-state index in [1.165, 1.54) is 14.2 Å². The first-order valence-corrected chi connectivity index (χ1v) is 7.52. The van der Waals surface area contributed by atoms with Crippen LogP contribution in [0.1, 0.15) is 33.1 Å². The highest BCUT2D eigenvalue weighted by atomic mass is 16.5. The molecular formula is C15H28N2O4. The van der Waals surface area contributed by atoms with Crippen molar-refractivity contribution < 1.29 is 19.1 Å². The summed E-state index contributed by atoms with van der Waals surface area (Å²) in [6, 6.07) is 0. The highest BCUT2D eigenvalue weighted by molar-refractivity contribution is 5.87. The summed E-state index contributed by atoms with van der Waals surface area (Å²) in [6.07, 6.45) is 2.61. The second-order valence-electron chi connectivity index (χ2n) is 6.07. The number of methoxy groups -OCH3 is 2. The lowest BCUT2D eigenvalue weighted by atomic mass is 9.84. The van der Waals surface area contributed by atoms with E-state index in [-0.39, 0.29) is 12.5 Å². The molecule has 2 atom stereocenters. The Balaban J connectivity index is 2.54. The topological polar surface area (TPSA) is 76.7 Å². The molecule has 6 heteroatoms. The van der Waals surface area contributed by atoms with Crippen LogP contribution in [0, 0.1) is 11.8 Å². The summed E-state index contributed by atoms with van der Waals surface area (Å²) < 4.78 is 9.78. The lowest BCUT2D eigenvalue weighted by molar-refractivity contribution is -0.152. The Morgan fingerprint density at radius 3 is 2.48 bits per heavy atom. The van der Waals surface area contributed by atoms with Gasteiger partial charge in [0.1, 0.15) is 0 Å². The number of carbonyl (C=O) groups excluding carboxylic acids is 2. The van der Waals surface area contributed by atoms with E-state index < -0.39 is 11.5 Å². The Morgan fingerprint density at radius 2 is 1.95 bits per heavy atom. The van der Waals surface area contributed by atoms with Crippen molar-refractivity contribution >= 4 is 11.9 Å². The quantitative estimate of drug-likeness (QED) is 0.677. The van der Waals surface area contributed by atoms with E-state index in [1.54, 1.807) is 6.92 Å². The van der Waals surface area contributed by atoms with E-state index in [1.807, 2.05) is 0 Å². The first kappa shape index (κ1) is 17.9. The smallest absolute Gasteiger partial charge is 0.333 e. The largest absolute Gasteiger partial charge is 0.467 e. The monoisotopic (exact) mass is 300 g/mol. The molecule has 0 aromatic heterocycles. The van der Waals surface area contributed by atoms with E-state index in [4.69, 9.17) is 9.47 Å². The zero-order valence-corrected chi connectivity index (χ0v) is 13.5. The third-order valence-corrected chi connectivity index (χ3v) is 4.18. The molecule has 6 nitrogen and oxygen atoms in total. The number of esters is 1. The summed E-state index contributed by atoms with van der Waals surface area (Å²) in [5.41, 5.74) is -1.13. The van der Waals surface area contributed by atoms with Gasteiger partial charge in [-0.1, -0.05) is 6.92 Å². The van der Waals surface area contributed by atoms with Crippen molar-refractivity contribution in [2.75, 3.05) is 33.9 Å². The minimum Gasteiger partial charge on any atom is -0.467 e. The van der Waals surface area contributed by atoms with Crippen LogP contribution in [-0.4, -0.2) is 51.3 Å². The van der Waals surface area contributed by atoms with Gasteiger partial charge in [0.15, 0.2) is 5.54 Å². The van der Waals surface area contributed by atoms with E-state index in [0.717, 1.165) is 25.9 Å². The van der Waals surface area contributed by atoms with Gasteiger partial charge in [0, 0.05) is 13.5 Å². The van der Waals surface area contributed by atoms with Crippen LogP contribution in [0.3, 0.4) is 0 Å². The van der Waals surface area contributed by atoms with Crippen molar-refractivity contribution in [2.24, 2.45) is 11.8 Å². The molecule has 21 heavy (non-hydrogen) atoms. The lowest BCUT2D eigenvalue weighted by Crippen LogP contribution is -2.56. The van der Waals surface area contributed by atoms with E-state index in [9.17, 15) is 9.59 Å². The van der Waals surface area contributed by atoms with Crippen LogP contribution in [0.4, 0.5) is 0 Å². The molecular weight excluding hydrogens is 272 g/mol. The van der Waals surface area contributed by atoms with Gasteiger partial charge in [-0.05, 0) is 44.7 Å². The van der Waals surface area contributed by atoms with Gasteiger partial charge in [0.2, 0.25) is 5.91 Å². The van der Waals surface area contributed by atoms with Crippen LogP contribution in [0.25, 0.3) is 0 Å². The molecule has 122 valence electrons. The van der Waals surface area contributed by atoms with Crippen molar-refractivity contribution in [3.63, 3.8) is 0 Å². The van der Waals surface area contributed by atoms with Crippen molar-refractivity contribution in [3.8, 4) is 0 Å². The summed E-state index contributed by atoms with van der Waals surface area (Å²) in [7, 11) is 2.80. The molecule has 0 aromatic rings. The fourth-order valence-electron chi connectivity index (χ4n) is 2.89. The molecule has 1 saturated heterocycles. The SMILES string of the molecule is COCC(C)(NC(=O)CC(C)C1CCNCC1)C(=O)OC. The van der Waals surface area contributed by atoms with Crippen LogP contribution < -0.4 is 10.6 Å². The number of amides is 1. The summed E-state index contributed by atoms with van der Waals surface area (Å²) in [5, 5.41) is 6.08. The summed E-state index contributed by atoms with van der Waals surface area (Å²) in [6.45, 7) is 5.84. The Hall–Kier alpha value is -1.14. The first-order chi connectivity index (χ1) is 9.92. The van der Waals surface area contributed by atoms with Crippen LogP contribution in [-0.2, 0) is 19.1 Å². The fourth-order valence-corrected chi connectivity index (χ4v) is 2.89. The fraction of sp³-hybridized carbons (Fsp3) is 0.867. The molecule has 0 saturated carbocycles. The number of carbonyl (C=O) groups is 2. The standard InChI is InChI=1S/C15H28N2O4/c1-11(12-5-7-16-8-6-12)9-13(18)17-15(2,10-20-3)14(19)21-4/h11-12,16H,5-10H2,1-4H3,(H,17,18). The van der Waals surface area contributed by atoms with Gasteiger partial charge in [0.25, 0.3) is 0 Å². The Kier molecular flexibility index (Phi) is 7.11. The first-order valence-electron chi connectivity index (χ1n) is 7.52. The van der Waals surface area contributed by atoms with Crippen LogP contribution in [0.2, 0.25) is 0 Å². The maximum Gasteiger partial charge on any atom is 0.333 e. The third kappa shape index (κ3) is 5.28. The average Bonchev–Trinajstić information content (AvgIpc) is 2.47. The number of hydrogen-bond donors (Lipinski definition) is 2. The average molecular weight is 300 g/mol. The highest BCUT2D eigenvalue weighted by Crippen LogP contribution is 2.24. The third-order valence-electron chi connectivity index (χ3n) is 4.18. The number of hydrogen-bond acceptors (Lipinski definition) is 5. The van der Waals surface area contributed by atoms with Gasteiger partial charge in [0.05, 0.1) is 13.7 Å². The van der Waals surface area contributed by atoms with Crippen LogP contribution in [0.15, 0.2) is 0 Å². The lowest BCUT2D eigenvalue weighted by Gasteiger charge is -2.30. The molecule has 1 rings (SSSR count). The molecule has 0 spiro atoms. The molecule has 1 amide bonds. The molecule has 0 radical (unpaired) electrons. The van der Waals surface area contributed by atoms with E-state index >= 15 is 0 Å². The van der Waals surface area contributed by atoms with Crippen molar-refractivity contribution in [1.29, 1.82) is 0 Å². The van der Waals surface area contributed by atoms with Gasteiger partial charge in [-0.25, -0.2) is 4.79 Å². The molecule has 0 bridgehead atoms. The van der Waals surface area contributed by atoms with E-state index in [2.05, 4.69) is 17.6 Å². The summed E-state index contributed by atoms with van der Waals surface area (Å²) in [4.78, 5) is 24.0. The van der Waals surface area contributed by atoms with Gasteiger partial charge < -0.3 is 20.1 Å². The van der Waals surface area contributed by atoms with Crippen molar-refractivity contribution in [2.45, 2.75) is 38.6 Å². The Morgan fingerprint density at radius 1 is 1.33 bits per heavy atom. The summed E-state index contributed by atoms with van der Waals surface area (Å²) >= 11 is 0. The zero-order valence-electron chi connectivity index (χ0n) is 13.5.